The van der Waals surface area contributed by atoms with Crippen LogP contribution in [-0.4, -0.2) is 32.8 Å². The van der Waals surface area contributed by atoms with Crippen LogP contribution in [0.4, 0.5) is 0 Å². The largest absolute Gasteiger partial charge is 0.349 e. The Hall–Kier alpha value is -1.92. The first-order chi connectivity index (χ1) is 10.1. The number of amides is 1. The predicted octanol–water partition coefficient (Wildman–Crippen LogP) is 1.61. The van der Waals surface area contributed by atoms with Crippen LogP contribution in [0.5, 0.6) is 0 Å². The monoisotopic (exact) mass is 321 g/mol. The summed E-state index contributed by atoms with van der Waals surface area (Å²) in [6, 6.07) is 5.97. The molecule has 22 heavy (non-hydrogen) atoms. The maximum atomic E-state index is 12.3. The van der Waals surface area contributed by atoms with Gasteiger partial charge in [-0.3, -0.25) is 4.79 Å². The Labute approximate surface area is 135 Å². The molecule has 6 nitrogen and oxygen atoms in total. The van der Waals surface area contributed by atoms with E-state index in [4.69, 9.17) is 5.73 Å². The molecule has 0 aliphatic heterocycles. The van der Waals surface area contributed by atoms with Gasteiger partial charge in [0.2, 0.25) is 0 Å². The molecule has 1 amide bonds. The number of carbonyl (C=O) groups is 1. The van der Waals surface area contributed by atoms with Gasteiger partial charge in [0.15, 0.2) is 5.82 Å². The number of aromatic nitrogens is 3. The van der Waals surface area contributed by atoms with E-state index in [1.165, 1.54) is 0 Å². The van der Waals surface area contributed by atoms with Gasteiger partial charge >= 0.3 is 0 Å². The van der Waals surface area contributed by atoms with E-state index < -0.39 is 0 Å². The molecule has 3 rings (SSSR count). The zero-order chi connectivity index (χ0) is 14.8. The molecule has 1 aliphatic rings. The van der Waals surface area contributed by atoms with E-state index in [0.717, 1.165) is 25.0 Å². The van der Waals surface area contributed by atoms with Crippen LogP contribution in [0.2, 0.25) is 0 Å². The highest BCUT2D eigenvalue weighted by molar-refractivity contribution is 5.95. The van der Waals surface area contributed by atoms with Crippen LogP contribution in [-0.2, 0) is 0 Å². The van der Waals surface area contributed by atoms with Gasteiger partial charge < -0.3 is 11.1 Å². The van der Waals surface area contributed by atoms with Gasteiger partial charge in [-0.1, -0.05) is 6.07 Å². The summed E-state index contributed by atoms with van der Waals surface area (Å²) in [5.41, 5.74) is 7.24. The third kappa shape index (κ3) is 3.28. The van der Waals surface area contributed by atoms with Crippen LogP contribution in [0, 0.1) is 6.92 Å². The number of nitrogens with two attached hydrogens (primary N) is 1. The molecular weight excluding hydrogens is 302 g/mol. The van der Waals surface area contributed by atoms with Crippen LogP contribution < -0.4 is 11.1 Å². The zero-order valence-electron chi connectivity index (χ0n) is 12.4. The summed E-state index contributed by atoms with van der Waals surface area (Å²) < 4.78 is 1.68. The first-order valence-electron chi connectivity index (χ1n) is 7.17. The minimum absolute atomic E-state index is 0. The third-order valence-electron chi connectivity index (χ3n) is 3.93. The number of pyridine rings is 1. The van der Waals surface area contributed by atoms with Gasteiger partial charge in [-0.15, -0.1) is 12.4 Å². The molecule has 118 valence electrons. The SMILES string of the molecule is Cc1c(C(=O)N[C@@H]2CC[C@@H](N)C2)cnn1-c1ccccn1.Cl. The normalized spacial score (nSPS) is 20.5. The number of carbonyl (C=O) groups excluding carboxylic acids is 1. The molecule has 1 fully saturated rings. The van der Waals surface area contributed by atoms with Crippen LogP contribution >= 0.6 is 12.4 Å². The average molecular weight is 322 g/mol. The van der Waals surface area contributed by atoms with E-state index in [1.807, 2.05) is 25.1 Å². The van der Waals surface area contributed by atoms with Crippen molar-refractivity contribution in [1.29, 1.82) is 0 Å². The fourth-order valence-corrected chi connectivity index (χ4v) is 2.75. The fourth-order valence-electron chi connectivity index (χ4n) is 2.75. The van der Waals surface area contributed by atoms with Gasteiger partial charge in [0, 0.05) is 18.3 Å². The number of nitrogens with one attached hydrogen (secondary N) is 1. The molecule has 0 unspecified atom stereocenters. The molecule has 3 N–H and O–H groups in total. The van der Waals surface area contributed by atoms with E-state index in [1.54, 1.807) is 17.1 Å². The maximum Gasteiger partial charge on any atom is 0.254 e. The van der Waals surface area contributed by atoms with Gasteiger partial charge in [0.1, 0.15) is 0 Å². The van der Waals surface area contributed by atoms with Crippen LogP contribution in [0.1, 0.15) is 35.3 Å². The molecule has 0 aromatic carbocycles. The lowest BCUT2D eigenvalue weighted by atomic mass is 10.2. The molecular formula is C15H20ClN5O. The second-order valence-electron chi connectivity index (χ2n) is 5.49. The molecule has 2 aromatic rings. The molecule has 7 heteroatoms. The first kappa shape index (κ1) is 16.5. The van der Waals surface area contributed by atoms with Gasteiger partial charge in [-0.05, 0) is 38.3 Å². The quantitative estimate of drug-likeness (QED) is 0.899. The molecule has 2 heterocycles. The van der Waals surface area contributed by atoms with Crippen molar-refractivity contribution < 1.29 is 4.79 Å². The Morgan fingerprint density at radius 1 is 1.41 bits per heavy atom. The molecule has 1 saturated carbocycles. The smallest absolute Gasteiger partial charge is 0.254 e. The Balaban J connectivity index is 0.00000176. The summed E-state index contributed by atoms with van der Waals surface area (Å²) in [5.74, 6) is 0.616. The predicted molar refractivity (Wildman–Crippen MR) is 86.4 cm³/mol. The summed E-state index contributed by atoms with van der Waals surface area (Å²) in [7, 11) is 0. The number of halogens is 1. The molecule has 2 atom stereocenters. The second-order valence-corrected chi connectivity index (χ2v) is 5.49. The second kappa shape index (κ2) is 6.89. The standard InChI is InChI=1S/C15H19N5O.ClH/c1-10-13(15(21)19-12-6-5-11(16)8-12)9-18-20(10)14-4-2-3-7-17-14;/h2-4,7,9,11-12H,5-6,8,16H2,1H3,(H,19,21);1H/t11-,12-;/m1./s1. The summed E-state index contributed by atoms with van der Waals surface area (Å²) in [6.07, 6.45) is 6.06. The van der Waals surface area contributed by atoms with Crippen LogP contribution in [0.25, 0.3) is 5.82 Å². The van der Waals surface area contributed by atoms with Crippen LogP contribution in [0.3, 0.4) is 0 Å². The Morgan fingerprint density at radius 2 is 2.23 bits per heavy atom. The third-order valence-corrected chi connectivity index (χ3v) is 3.93. The minimum Gasteiger partial charge on any atom is -0.349 e. The lowest BCUT2D eigenvalue weighted by Crippen LogP contribution is -2.34. The van der Waals surface area contributed by atoms with E-state index in [-0.39, 0.29) is 30.4 Å². The summed E-state index contributed by atoms with van der Waals surface area (Å²) >= 11 is 0. The van der Waals surface area contributed by atoms with E-state index in [9.17, 15) is 4.79 Å². The highest BCUT2D eigenvalue weighted by atomic mass is 35.5. The van der Waals surface area contributed by atoms with Crippen molar-refractivity contribution in [3.05, 3.63) is 41.9 Å². The fraction of sp³-hybridized carbons (Fsp3) is 0.400. The number of hydrogen-bond donors (Lipinski definition) is 2. The Morgan fingerprint density at radius 3 is 2.86 bits per heavy atom. The first-order valence-corrected chi connectivity index (χ1v) is 7.17. The Bertz CT molecular complexity index is 643. The van der Waals surface area contributed by atoms with Crippen molar-refractivity contribution in [1.82, 2.24) is 20.1 Å². The minimum atomic E-state index is -0.0891. The van der Waals surface area contributed by atoms with E-state index in [2.05, 4.69) is 15.4 Å². The molecule has 0 bridgehead atoms. The summed E-state index contributed by atoms with van der Waals surface area (Å²) in [5, 5.41) is 7.30. The number of hydrogen-bond acceptors (Lipinski definition) is 4. The van der Waals surface area contributed by atoms with Crippen molar-refractivity contribution in [2.45, 2.75) is 38.3 Å². The topological polar surface area (TPSA) is 85.8 Å². The van der Waals surface area contributed by atoms with Crippen molar-refractivity contribution in [2.75, 3.05) is 0 Å². The number of rotatable bonds is 3. The summed E-state index contributed by atoms with van der Waals surface area (Å²) in [6.45, 7) is 1.87. The van der Waals surface area contributed by atoms with Crippen molar-refractivity contribution in [3.63, 3.8) is 0 Å². The number of nitrogens with zero attached hydrogens (tertiary/aromatic N) is 3. The Kier molecular flexibility index (Phi) is 5.15. The van der Waals surface area contributed by atoms with Gasteiger partial charge in [0.05, 0.1) is 17.5 Å². The lowest BCUT2D eigenvalue weighted by molar-refractivity contribution is 0.0937. The van der Waals surface area contributed by atoms with Crippen LogP contribution in [0.15, 0.2) is 30.6 Å². The van der Waals surface area contributed by atoms with E-state index >= 15 is 0 Å². The molecule has 2 aromatic heterocycles. The lowest BCUT2D eigenvalue weighted by Gasteiger charge is -2.12. The molecule has 1 aliphatic carbocycles. The van der Waals surface area contributed by atoms with Crippen molar-refractivity contribution >= 4 is 18.3 Å². The average Bonchev–Trinajstić information content (AvgIpc) is 3.06. The van der Waals surface area contributed by atoms with Crippen molar-refractivity contribution in [3.8, 4) is 5.82 Å². The van der Waals surface area contributed by atoms with E-state index in [0.29, 0.717) is 11.4 Å². The molecule has 0 saturated heterocycles. The molecule has 0 spiro atoms. The summed E-state index contributed by atoms with van der Waals surface area (Å²) in [4.78, 5) is 16.6. The molecule has 0 radical (unpaired) electrons. The highest BCUT2D eigenvalue weighted by Crippen LogP contribution is 2.18. The van der Waals surface area contributed by atoms with Gasteiger partial charge in [-0.25, -0.2) is 9.67 Å². The van der Waals surface area contributed by atoms with Crippen molar-refractivity contribution in [2.24, 2.45) is 5.73 Å². The zero-order valence-corrected chi connectivity index (χ0v) is 13.2. The maximum absolute atomic E-state index is 12.3. The highest BCUT2D eigenvalue weighted by Gasteiger charge is 2.25. The van der Waals surface area contributed by atoms with Gasteiger partial charge in [-0.2, -0.15) is 5.10 Å². The van der Waals surface area contributed by atoms with Gasteiger partial charge in [0.25, 0.3) is 5.91 Å².